The van der Waals surface area contributed by atoms with Gasteiger partial charge in [0.2, 0.25) is 0 Å². The molecule has 1 aliphatic heterocycles. The van der Waals surface area contributed by atoms with Gasteiger partial charge in [-0.2, -0.15) is 0 Å². The summed E-state index contributed by atoms with van der Waals surface area (Å²) in [7, 11) is 0. The highest BCUT2D eigenvalue weighted by Crippen LogP contribution is 2.35. The zero-order valence-electron chi connectivity index (χ0n) is 22.5. The molecule has 4 aromatic rings. The average Bonchev–Trinajstić information content (AvgIpc) is 3.55. The van der Waals surface area contributed by atoms with E-state index in [9.17, 15) is 9.59 Å². The van der Waals surface area contributed by atoms with Crippen LogP contribution in [0.1, 0.15) is 65.2 Å². The van der Waals surface area contributed by atoms with Gasteiger partial charge in [0, 0.05) is 31.0 Å². The van der Waals surface area contributed by atoms with Gasteiger partial charge in [-0.05, 0) is 87.9 Å². The van der Waals surface area contributed by atoms with Gasteiger partial charge in [-0.3, -0.25) is 14.6 Å². The first kappa shape index (κ1) is 25.0. The minimum absolute atomic E-state index is 0.0810. The highest BCUT2D eigenvalue weighted by atomic mass is 16.2. The van der Waals surface area contributed by atoms with Gasteiger partial charge < -0.3 is 14.8 Å². The van der Waals surface area contributed by atoms with E-state index < -0.39 is 0 Å². The van der Waals surface area contributed by atoms with E-state index in [0.717, 1.165) is 34.1 Å². The maximum Gasteiger partial charge on any atom is 0.263 e. The van der Waals surface area contributed by atoms with E-state index in [0.29, 0.717) is 25.4 Å². The minimum Gasteiger partial charge on any atom is -0.347 e. The van der Waals surface area contributed by atoms with Gasteiger partial charge in [0.25, 0.3) is 11.5 Å². The highest BCUT2D eigenvalue weighted by molar-refractivity contribution is 5.94. The van der Waals surface area contributed by atoms with Crippen LogP contribution in [0.5, 0.6) is 0 Å². The maximum atomic E-state index is 13.4. The molecule has 0 unspecified atom stereocenters. The van der Waals surface area contributed by atoms with Gasteiger partial charge in [-0.25, -0.2) is 9.50 Å². The first-order valence-corrected chi connectivity index (χ1v) is 13.7. The van der Waals surface area contributed by atoms with Gasteiger partial charge in [0.15, 0.2) is 5.65 Å². The lowest BCUT2D eigenvalue weighted by Crippen LogP contribution is -2.41. The van der Waals surface area contributed by atoms with Crippen LogP contribution in [0.3, 0.4) is 0 Å². The van der Waals surface area contributed by atoms with Crippen molar-refractivity contribution in [3.63, 3.8) is 0 Å². The van der Waals surface area contributed by atoms with Gasteiger partial charge in [-0.1, -0.05) is 12.1 Å². The summed E-state index contributed by atoms with van der Waals surface area (Å²) >= 11 is 0. The molecule has 1 aliphatic carbocycles. The van der Waals surface area contributed by atoms with Crippen molar-refractivity contribution in [2.24, 2.45) is 5.92 Å². The zero-order valence-corrected chi connectivity index (χ0v) is 22.5. The molecule has 6 rings (SSSR count). The fraction of sp³-hybridized carbons (Fsp3) is 0.367. The zero-order chi connectivity index (χ0) is 27.1. The predicted molar refractivity (Wildman–Crippen MR) is 151 cm³/mol. The van der Waals surface area contributed by atoms with Crippen molar-refractivity contribution in [1.29, 1.82) is 0 Å². The third kappa shape index (κ3) is 4.84. The number of pyridine rings is 2. The van der Waals surface area contributed by atoms with Crippen LogP contribution < -0.4 is 15.8 Å². The monoisotopic (exact) mass is 523 g/mol. The van der Waals surface area contributed by atoms with E-state index in [1.165, 1.54) is 12.8 Å². The molecule has 1 saturated carbocycles. The number of imidazole rings is 1. The van der Waals surface area contributed by atoms with Crippen LogP contribution in [0.15, 0.2) is 59.7 Å². The van der Waals surface area contributed by atoms with Crippen molar-refractivity contribution >= 4 is 23.4 Å². The van der Waals surface area contributed by atoms with Crippen molar-refractivity contribution in [1.82, 2.24) is 29.5 Å². The van der Waals surface area contributed by atoms with Gasteiger partial charge >= 0.3 is 0 Å². The first-order chi connectivity index (χ1) is 18.9. The lowest BCUT2D eigenvalue weighted by atomic mass is 10.1. The van der Waals surface area contributed by atoms with Crippen LogP contribution in [0.2, 0.25) is 0 Å². The molecule has 1 amide bonds. The Labute approximate surface area is 227 Å². The molecule has 2 aliphatic rings. The van der Waals surface area contributed by atoms with Crippen molar-refractivity contribution in [2.75, 3.05) is 11.4 Å². The molecular weight excluding hydrogens is 490 g/mol. The molecule has 1 N–H and O–H groups in total. The van der Waals surface area contributed by atoms with Gasteiger partial charge in [0.1, 0.15) is 11.4 Å². The van der Waals surface area contributed by atoms with Crippen LogP contribution >= 0.6 is 0 Å². The number of nitrogens with zero attached hydrogens (tertiary/aromatic N) is 6. The Bertz CT molecular complexity index is 1620. The van der Waals surface area contributed by atoms with E-state index in [4.69, 9.17) is 5.10 Å². The number of hydrogen-bond donors (Lipinski definition) is 1. The highest BCUT2D eigenvalue weighted by Gasteiger charge is 2.36. The molecule has 5 heterocycles. The fourth-order valence-corrected chi connectivity index (χ4v) is 5.42. The van der Waals surface area contributed by atoms with Crippen LogP contribution in [0.4, 0.5) is 5.82 Å². The Morgan fingerprint density at radius 2 is 2.00 bits per heavy atom. The van der Waals surface area contributed by atoms with Gasteiger partial charge in [-0.15, -0.1) is 5.10 Å². The van der Waals surface area contributed by atoms with Crippen molar-refractivity contribution in [3.05, 3.63) is 93.4 Å². The lowest BCUT2D eigenvalue weighted by molar-refractivity contribution is 0.0937. The molecule has 4 aromatic heterocycles. The molecule has 1 saturated heterocycles. The summed E-state index contributed by atoms with van der Waals surface area (Å²) in [6.45, 7) is 6.81. The van der Waals surface area contributed by atoms with Crippen LogP contribution in [-0.4, -0.2) is 42.6 Å². The predicted octanol–water partition coefficient (Wildman–Crippen LogP) is 4.10. The van der Waals surface area contributed by atoms with E-state index in [2.05, 4.69) is 32.3 Å². The quantitative estimate of drug-likeness (QED) is 0.392. The molecule has 9 nitrogen and oxygen atoms in total. The van der Waals surface area contributed by atoms with Crippen LogP contribution in [-0.2, 0) is 6.54 Å². The largest absolute Gasteiger partial charge is 0.347 e. The Balaban J connectivity index is 1.31. The van der Waals surface area contributed by atoms with Crippen molar-refractivity contribution in [3.8, 4) is 0 Å². The number of carbonyl (C=O) groups excluding carboxylic acids is 1. The van der Waals surface area contributed by atoms with E-state index >= 15 is 0 Å². The second kappa shape index (κ2) is 10.1. The molecule has 2 atom stereocenters. The smallest absolute Gasteiger partial charge is 0.263 e. The Hall–Kier alpha value is -4.27. The number of hydrogen-bond acceptors (Lipinski definition) is 6. The number of allylic oxidation sites excluding steroid dienone is 1. The summed E-state index contributed by atoms with van der Waals surface area (Å²) in [5.74, 6) is 1.10. The second-order valence-corrected chi connectivity index (χ2v) is 10.5. The number of aryl methyl sites for hydroxylation is 1. The van der Waals surface area contributed by atoms with E-state index in [-0.39, 0.29) is 29.1 Å². The fourth-order valence-electron chi connectivity index (χ4n) is 5.42. The third-order valence-electron chi connectivity index (χ3n) is 7.87. The Morgan fingerprint density at radius 3 is 2.74 bits per heavy atom. The third-order valence-corrected chi connectivity index (χ3v) is 7.87. The molecule has 0 spiro atoms. The number of rotatable bonds is 7. The SMILES string of the molecule is CCn1c(C)c(C)cc(C(=O)N[C@H]2C[C@H](c3ccccn3)N(c3ccc4ncc(/C=C/C5CC5)n4n3)C2)c1=O. The summed E-state index contributed by atoms with van der Waals surface area (Å²) in [5, 5.41) is 8.09. The molecule has 0 bridgehead atoms. The summed E-state index contributed by atoms with van der Waals surface area (Å²) < 4.78 is 3.53. The number of aromatic nitrogens is 5. The van der Waals surface area contributed by atoms with Crippen LogP contribution in [0, 0.1) is 19.8 Å². The second-order valence-electron chi connectivity index (χ2n) is 10.5. The standard InChI is InChI=1S/C30H33N7O2/c1-4-35-20(3)19(2)15-24(30(35)39)29(38)33-22-16-26(25-7-5-6-14-31-25)36(18-22)28-13-12-27-32-17-23(37(27)34-28)11-10-21-8-9-21/h5-7,10-15,17,21-22,26H,4,8-9,16,18H2,1-3H3,(H,33,38)/b11-10+/t22-,26+/m0/s1. The molecule has 200 valence electrons. The van der Waals surface area contributed by atoms with Crippen molar-refractivity contribution in [2.45, 2.75) is 58.7 Å². The maximum absolute atomic E-state index is 13.4. The molecule has 9 heteroatoms. The summed E-state index contributed by atoms with van der Waals surface area (Å²) in [6.07, 6.45) is 11.1. The molecule has 0 radical (unpaired) electrons. The normalized spacial score (nSPS) is 19.3. The number of amides is 1. The number of carbonyl (C=O) groups is 1. The molecule has 39 heavy (non-hydrogen) atoms. The number of nitrogens with one attached hydrogen (secondary N) is 1. The lowest BCUT2D eigenvalue weighted by Gasteiger charge is -2.25. The summed E-state index contributed by atoms with van der Waals surface area (Å²) in [4.78, 5) is 37.7. The van der Waals surface area contributed by atoms with Gasteiger partial charge in [0.05, 0.1) is 23.6 Å². The molecular formula is C30H33N7O2. The molecule has 2 fully saturated rings. The number of anilines is 1. The topological polar surface area (TPSA) is 97.4 Å². The van der Waals surface area contributed by atoms with E-state index in [1.54, 1.807) is 16.8 Å². The number of fused-ring (bicyclic) bond motifs is 1. The minimum atomic E-state index is -0.345. The summed E-state index contributed by atoms with van der Waals surface area (Å²) in [6, 6.07) is 11.3. The Morgan fingerprint density at radius 1 is 1.15 bits per heavy atom. The van der Waals surface area contributed by atoms with E-state index in [1.807, 2.05) is 61.8 Å². The Kier molecular flexibility index (Phi) is 6.50. The average molecular weight is 524 g/mol. The first-order valence-electron chi connectivity index (χ1n) is 13.7. The van der Waals surface area contributed by atoms with Crippen molar-refractivity contribution < 1.29 is 4.79 Å². The molecule has 0 aromatic carbocycles. The van der Waals surface area contributed by atoms with Crippen LogP contribution in [0.25, 0.3) is 11.7 Å². The summed E-state index contributed by atoms with van der Waals surface area (Å²) in [5.41, 5.74) is 4.37.